The molecule has 11 heavy (non-hydrogen) atoms. The van der Waals surface area contributed by atoms with E-state index in [1.807, 2.05) is 6.92 Å². The summed E-state index contributed by atoms with van der Waals surface area (Å²) in [5.41, 5.74) is 0.960. The molecule has 0 radical (unpaired) electrons. The van der Waals surface area contributed by atoms with Gasteiger partial charge in [0.05, 0.1) is 6.61 Å². The number of aromatic nitrogens is 1. The van der Waals surface area contributed by atoms with Crippen LogP contribution in [0.5, 0.6) is 0 Å². The lowest BCUT2D eigenvalue weighted by molar-refractivity contribution is 0.270. The molecule has 0 aliphatic heterocycles. The van der Waals surface area contributed by atoms with E-state index in [9.17, 15) is 4.39 Å². The van der Waals surface area contributed by atoms with E-state index in [0.717, 1.165) is 12.0 Å². The Balaban J connectivity index is 2.99. The largest absolute Gasteiger partial charge is 0.390 e. The van der Waals surface area contributed by atoms with Crippen molar-refractivity contribution in [2.75, 3.05) is 0 Å². The maximum Gasteiger partial charge on any atom is 0.147 e. The van der Waals surface area contributed by atoms with Crippen molar-refractivity contribution < 1.29 is 9.50 Å². The third-order valence-electron chi connectivity index (χ3n) is 1.53. The number of rotatable bonds is 2. The van der Waals surface area contributed by atoms with Gasteiger partial charge in [-0.25, -0.2) is 4.39 Å². The highest BCUT2D eigenvalue weighted by atomic mass is 19.1. The van der Waals surface area contributed by atoms with Crippen LogP contribution in [-0.2, 0) is 13.0 Å². The van der Waals surface area contributed by atoms with Crippen molar-refractivity contribution in [3.63, 3.8) is 0 Å². The van der Waals surface area contributed by atoms with E-state index in [1.165, 1.54) is 6.07 Å². The number of pyridine rings is 1. The van der Waals surface area contributed by atoms with E-state index in [4.69, 9.17) is 5.11 Å². The Morgan fingerprint density at radius 2 is 2.36 bits per heavy atom. The molecule has 1 rings (SSSR count). The first-order valence-corrected chi connectivity index (χ1v) is 3.52. The standard InChI is InChI=1S/C8H10FNO/c1-2-6-3-7(9)8(5-11)10-4-6/h3-4,11H,2,5H2,1H3. The monoisotopic (exact) mass is 155 g/mol. The van der Waals surface area contributed by atoms with Crippen LogP contribution in [0.1, 0.15) is 18.2 Å². The number of halogens is 1. The van der Waals surface area contributed by atoms with Crippen molar-refractivity contribution in [2.24, 2.45) is 0 Å². The fourth-order valence-electron chi connectivity index (χ4n) is 0.816. The van der Waals surface area contributed by atoms with E-state index in [0.29, 0.717) is 0 Å². The van der Waals surface area contributed by atoms with Crippen LogP contribution in [0.15, 0.2) is 12.3 Å². The Labute approximate surface area is 64.7 Å². The third-order valence-corrected chi connectivity index (χ3v) is 1.53. The van der Waals surface area contributed by atoms with E-state index >= 15 is 0 Å². The summed E-state index contributed by atoms with van der Waals surface area (Å²) >= 11 is 0. The summed E-state index contributed by atoms with van der Waals surface area (Å²) in [6.07, 6.45) is 2.34. The molecule has 1 N–H and O–H groups in total. The molecule has 3 heteroatoms. The van der Waals surface area contributed by atoms with Crippen LogP contribution in [-0.4, -0.2) is 10.1 Å². The number of aryl methyl sites for hydroxylation is 1. The fourth-order valence-corrected chi connectivity index (χ4v) is 0.816. The SMILES string of the molecule is CCc1cnc(CO)c(F)c1. The number of aliphatic hydroxyl groups is 1. The molecule has 0 aromatic carbocycles. The van der Waals surface area contributed by atoms with Gasteiger partial charge < -0.3 is 5.11 Å². The van der Waals surface area contributed by atoms with E-state index < -0.39 is 5.82 Å². The van der Waals surface area contributed by atoms with Crippen molar-refractivity contribution in [3.8, 4) is 0 Å². The molecule has 0 fully saturated rings. The molecule has 1 aromatic rings. The molecule has 0 atom stereocenters. The lowest BCUT2D eigenvalue weighted by Crippen LogP contribution is -1.96. The molecule has 0 bridgehead atoms. The third kappa shape index (κ3) is 1.74. The van der Waals surface area contributed by atoms with Gasteiger partial charge in [0.2, 0.25) is 0 Å². The quantitative estimate of drug-likeness (QED) is 0.697. The molecular weight excluding hydrogens is 145 g/mol. The first kappa shape index (κ1) is 8.14. The van der Waals surface area contributed by atoms with Crippen LogP contribution in [0.3, 0.4) is 0 Å². The smallest absolute Gasteiger partial charge is 0.147 e. The normalized spacial score (nSPS) is 10.1. The van der Waals surface area contributed by atoms with Gasteiger partial charge in [0.1, 0.15) is 11.5 Å². The van der Waals surface area contributed by atoms with Crippen molar-refractivity contribution in [1.82, 2.24) is 4.98 Å². The molecule has 1 heterocycles. The van der Waals surface area contributed by atoms with Crippen molar-refractivity contribution in [2.45, 2.75) is 20.0 Å². The van der Waals surface area contributed by atoms with Crippen LogP contribution in [0.4, 0.5) is 4.39 Å². The lowest BCUT2D eigenvalue weighted by Gasteiger charge is -1.99. The molecule has 0 spiro atoms. The molecule has 0 saturated heterocycles. The summed E-state index contributed by atoms with van der Waals surface area (Å²) in [4.78, 5) is 3.74. The van der Waals surface area contributed by atoms with Crippen molar-refractivity contribution >= 4 is 0 Å². The molecule has 0 saturated carbocycles. The molecule has 1 aromatic heterocycles. The number of hydrogen-bond acceptors (Lipinski definition) is 2. The number of nitrogens with zero attached hydrogens (tertiary/aromatic N) is 1. The molecular formula is C8H10FNO. The summed E-state index contributed by atoms with van der Waals surface area (Å²) < 4.78 is 12.8. The highest BCUT2D eigenvalue weighted by Gasteiger charge is 2.01. The number of aliphatic hydroxyl groups excluding tert-OH is 1. The first-order chi connectivity index (χ1) is 5.27. The minimum absolute atomic E-state index is 0.113. The van der Waals surface area contributed by atoms with Crippen molar-refractivity contribution in [1.29, 1.82) is 0 Å². The predicted octanol–water partition coefficient (Wildman–Crippen LogP) is 1.28. The summed E-state index contributed by atoms with van der Waals surface area (Å²) in [5, 5.41) is 8.58. The van der Waals surface area contributed by atoms with Gasteiger partial charge in [0, 0.05) is 6.20 Å². The average Bonchev–Trinajstić information content (AvgIpc) is 2.04. The maximum atomic E-state index is 12.8. The Bertz CT molecular complexity index is 250. The minimum atomic E-state index is -0.424. The van der Waals surface area contributed by atoms with Gasteiger partial charge in [-0.15, -0.1) is 0 Å². The fraction of sp³-hybridized carbons (Fsp3) is 0.375. The van der Waals surface area contributed by atoms with Crippen LogP contribution in [0.2, 0.25) is 0 Å². The van der Waals surface area contributed by atoms with Gasteiger partial charge in [0.15, 0.2) is 0 Å². The van der Waals surface area contributed by atoms with E-state index in [1.54, 1.807) is 6.20 Å². The lowest BCUT2D eigenvalue weighted by atomic mass is 10.2. The number of hydrogen-bond donors (Lipinski definition) is 1. The van der Waals surface area contributed by atoms with Gasteiger partial charge in [-0.1, -0.05) is 6.92 Å². The minimum Gasteiger partial charge on any atom is -0.390 e. The molecule has 0 amide bonds. The van der Waals surface area contributed by atoms with Gasteiger partial charge in [-0.05, 0) is 18.1 Å². The Morgan fingerprint density at radius 3 is 2.82 bits per heavy atom. The molecule has 60 valence electrons. The molecule has 0 aliphatic rings. The van der Waals surface area contributed by atoms with Gasteiger partial charge in [-0.2, -0.15) is 0 Å². The topological polar surface area (TPSA) is 33.1 Å². The van der Waals surface area contributed by atoms with Gasteiger partial charge >= 0.3 is 0 Å². The van der Waals surface area contributed by atoms with Gasteiger partial charge in [-0.3, -0.25) is 4.98 Å². The highest BCUT2D eigenvalue weighted by molar-refractivity contribution is 5.15. The predicted molar refractivity (Wildman–Crippen MR) is 39.5 cm³/mol. The zero-order valence-corrected chi connectivity index (χ0v) is 6.34. The second-order valence-electron chi connectivity index (χ2n) is 2.28. The van der Waals surface area contributed by atoms with Crippen LogP contribution < -0.4 is 0 Å². The summed E-state index contributed by atoms with van der Waals surface area (Å²) in [5.74, 6) is -0.424. The zero-order chi connectivity index (χ0) is 8.27. The summed E-state index contributed by atoms with van der Waals surface area (Å²) in [6, 6.07) is 1.40. The zero-order valence-electron chi connectivity index (χ0n) is 6.34. The van der Waals surface area contributed by atoms with Crippen LogP contribution >= 0.6 is 0 Å². The van der Waals surface area contributed by atoms with E-state index in [-0.39, 0.29) is 12.3 Å². The molecule has 0 unspecified atom stereocenters. The molecule has 2 nitrogen and oxygen atoms in total. The highest BCUT2D eigenvalue weighted by Crippen LogP contribution is 2.06. The Morgan fingerprint density at radius 1 is 1.64 bits per heavy atom. The van der Waals surface area contributed by atoms with Crippen LogP contribution in [0, 0.1) is 5.82 Å². The Hall–Kier alpha value is -0.960. The summed E-state index contributed by atoms with van der Waals surface area (Å²) in [6.45, 7) is 1.59. The maximum absolute atomic E-state index is 12.8. The average molecular weight is 155 g/mol. The van der Waals surface area contributed by atoms with Crippen molar-refractivity contribution in [3.05, 3.63) is 29.3 Å². The molecule has 0 aliphatic carbocycles. The second-order valence-corrected chi connectivity index (χ2v) is 2.28. The Kier molecular flexibility index (Phi) is 2.54. The van der Waals surface area contributed by atoms with Crippen LogP contribution in [0.25, 0.3) is 0 Å². The van der Waals surface area contributed by atoms with E-state index in [2.05, 4.69) is 4.98 Å². The second kappa shape index (κ2) is 3.44. The first-order valence-electron chi connectivity index (χ1n) is 3.52. The van der Waals surface area contributed by atoms with Gasteiger partial charge in [0.25, 0.3) is 0 Å². The summed E-state index contributed by atoms with van der Waals surface area (Å²) in [7, 11) is 0.